The number of benzene rings is 1. The van der Waals surface area contributed by atoms with Gasteiger partial charge >= 0.3 is 6.36 Å². The molecule has 0 aliphatic heterocycles. The molecule has 1 aromatic carbocycles. The molecule has 1 aliphatic rings. The van der Waals surface area contributed by atoms with Crippen LogP contribution in [0.5, 0.6) is 5.75 Å². The molecule has 0 spiro atoms. The smallest absolute Gasteiger partial charge is 0.406 e. The molecule has 1 N–H and O–H groups in total. The second kappa shape index (κ2) is 5.87. The van der Waals surface area contributed by atoms with Crippen molar-refractivity contribution >= 4 is 0 Å². The van der Waals surface area contributed by atoms with E-state index in [-0.39, 0.29) is 11.2 Å². The molecular weight excluding hydrogens is 279 g/mol. The molecule has 0 saturated heterocycles. The summed E-state index contributed by atoms with van der Waals surface area (Å²) in [7, 11) is 0. The quantitative estimate of drug-likeness (QED) is 0.866. The summed E-state index contributed by atoms with van der Waals surface area (Å²) in [5.41, 5.74) is 1.19. The van der Waals surface area contributed by atoms with Crippen molar-refractivity contribution in [2.75, 3.05) is 6.54 Å². The van der Waals surface area contributed by atoms with Gasteiger partial charge in [-0.15, -0.1) is 13.2 Å². The number of rotatable bonds is 5. The first-order valence-corrected chi connectivity index (χ1v) is 7.33. The van der Waals surface area contributed by atoms with Crippen molar-refractivity contribution in [1.29, 1.82) is 0 Å². The molecule has 1 aliphatic carbocycles. The summed E-state index contributed by atoms with van der Waals surface area (Å²) < 4.78 is 40.3. The van der Waals surface area contributed by atoms with Gasteiger partial charge in [0.2, 0.25) is 0 Å². The lowest BCUT2D eigenvalue weighted by molar-refractivity contribution is -0.274. The molecule has 2 atom stereocenters. The van der Waals surface area contributed by atoms with Crippen LogP contribution < -0.4 is 10.1 Å². The predicted molar refractivity (Wildman–Crippen MR) is 76.3 cm³/mol. The molecule has 21 heavy (non-hydrogen) atoms. The van der Waals surface area contributed by atoms with Gasteiger partial charge in [0.25, 0.3) is 0 Å². The van der Waals surface area contributed by atoms with Crippen LogP contribution in [0.2, 0.25) is 0 Å². The van der Waals surface area contributed by atoms with Gasteiger partial charge < -0.3 is 10.1 Å². The summed E-state index contributed by atoms with van der Waals surface area (Å²) in [4.78, 5) is 0. The van der Waals surface area contributed by atoms with Crippen molar-refractivity contribution in [3.63, 3.8) is 0 Å². The Bertz CT molecular complexity index is 467. The lowest BCUT2D eigenvalue weighted by Crippen LogP contribution is -2.55. The third kappa shape index (κ3) is 3.70. The van der Waals surface area contributed by atoms with E-state index < -0.39 is 6.36 Å². The summed E-state index contributed by atoms with van der Waals surface area (Å²) >= 11 is 0. The van der Waals surface area contributed by atoms with Crippen LogP contribution in [-0.2, 0) is 0 Å². The number of hydrogen-bond acceptors (Lipinski definition) is 2. The fourth-order valence-electron chi connectivity index (χ4n) is 3.06. The highest BCUT2D eigenvalue weighted by atomic mass is 19.4. The van der Waals surface area contributed by atoms with Crippen molar-refractivity contribution in [2.45, 2.75) is 51.9 Å². The number of halogens is 3. The Labute approximate surface area is 123 Å². The largest absolute Gasteiger partial charge is 0.573 e. The third-order valence-electron chi connectivity index (χ3n) is 4.42. The Morgan fingerprint density at radius 1 is 1.24 bits per heavy atom. The Balaban J connectivity index is 2.00. The molecule has 1 fully saturated rings. The Hall–Kier alpha value is -1.23. The Kier molecular flexibility index (Phi) is 4.51. The van der Waals surface area contributed by atoms with Gasteiger partial charge in [-0.25, -0.2) is 0 Å². The van der Waals surface area contributed by atoms with E-state index in [1.165, 1.54) is 12.1 Å². The maximum atomic E-state index is 12.1. The van der Waals surface area contributed by atoms with Gasteiger partial charge in [-0.1, -0.05) is 32.9 Å². The van der Waals surface area contributed by atoms with Gasteiger partial charge in [-0.05, 0) is 48.4 Å². The number of ether oxygens (including phenoxy) is 1. The molecule has 1 aromatic rings. The van der Waals surface area contributed by atoms with Gasteiger partial charge in [0.15, 0.2) is 0 Å². The van der Waals surface area contributed by atoms with Crippen molar-refractivity contribution in [1.82, 2.24) is 5.32 Å². The van der Waals surface area contributed by atoms with E-state index in [9.17, 15) is 13.2 Å². The molecule has 2 rings (SSSR count). The molecule has 118 valence electrons. The fourth-order valence-corrected chi connectivity index (χ4v) is 3.06. The van der Waals surface area contributed by atoms with Gasteiger partial charge in [0.05, 0.1) is 0 Å². The monoisotopic (exact) mass is 301 g/mol. The first kappa shape index (κ1) is 16.1. The van der Waals surface area contributed by atoms with Crippen LogP contribution in [0.1, 0.15) is 45.1 Å². The van der Waals surface area contributed by atoms with Crippen molar-refractivity contribution in [2.24, 2.45) is 5.41 Å². The van der Waals surface area contributed by atoms with E-state index in [0.29, 0.717) is 12.0 Å². The minimum atomic E-state index is -4.63. The van der Waals surface area contributed by atoms with E-state index in [1.54, 1.807) is 12.1 Å². The second-order valence-corrected chi connectivity index (χ2v) is 6.23. The topological polar surface area (TPSA) is 21.3 Å². The maximum Gasteiger partial charge on any atom is 0.573 e. The first-order chi connectivity index (χ1) is 9.74. The van der Waals surface area contributed by atoms with Crippen molar-refractivity contribution in [3.8, 4) is 5.75 Å². The lowest BCUT2D eigenvalue weighted by Gasteiger charge is -2.53. The van der Waals surface area contributed by atoms with Crippen molar-refractivity contribution < 1.29 is 17.9 Å². The number of hydrogen-bond donors (Lipinski definition) is 1. The van der Waals surface area contributed by atoms with Crippen molar-refractivity contribution in [3.05, 3.63) is 29.8 Å². The molecule has 0 aromatic heterocycles. The summed E-state index contributed by atoms with van der Waals surface area (Å²) in [6, 6.07) is 6.73. The van der Waals surface area contributed by atoms with Crippen LogP contribution in [0, 0.1) is 5.41 Å². The van der Waals surface area contributed by atoms with Crippen LogP contribution in [0.15, 0.2) is 24.3 Å². The zero-order valence-electron chi connectivity index (χ0n) is 12.6. The zero-order valence-corrected chi connectivity index (χ0v) is 12.6. The molecular formula is C16H22F3NO. The van der Waals surface area contributed by atoms with Gasteiger partial charge in [0.1, 0.15) is 5.75 Å². The van der Waals surface area contributed by atoms with Crippen LogP contribution in [0.25, 0.3) is 0 Å². The average Bonchev–Trinajstić information content (AvgIpc) is 2.38. The molecule has 2 unspecified atom stereocenters. The summed E-state index contributed by atoms with van der Waals surface area (Å²) in [5.74, 6) is 0.204. The maximum absolute atomic E-state index is 12.1. The van der Waals surface area contributed by atoms with E-state index in [2.05, 4.69) is 30.8 Å². The minimum Gasteiger partial charge on any atom is -0.406 e. The highest BCUT2D eigenvalue weighted by molar-refractivity contribution is 5.33. The standard InChI is InChI=1S/C16H22F3NO/c1-4-9-20-14-10-13(15(14,2)3)11-5-7-12(8-6-11)21-16(17,18)19/h5-8,13-14,20H,4,9-10H2,1-3H3. The van der Waals surface area contributed by atoms with Gasteiger partial charge in [-0.2, -0.15) is 0 Å². The van der Waals surface area contributed by atoms with Crippen LogP contribution in [0.3, 0.4) is 0 Å². The minimum absolute atomic E-state index is 0.113. The molecule has 5 heteroatoms. The molecule has 0 bridgehead atoms. The third-order valence-corrected chi connectivity index (χ3v) is 4.42. The van der Waals surface area contributed by atoms with Gasteiger partial charge in [0, 0.05) is 6.04 Å². The van der Waals surface area contributed by atoms with E-state index in [0.717, 1.165) is 24.9 Å². The fraction of sp³-hybridized carbons (Fsp3) is 0.625. The SMILES string of the molecule is CCCNC1CC(c2ccc(OC(F)(F)F)cc2)C1(C)C. The predicted octanol–water partition coefficient (Wildman–Crippen LogP) is 4.47. The highest BCUT2D eigenvalue weighted by Crippen LogP contribution is 2.52. The van der Waals surface area contributed by atoms with E-state index >= 15 is 0 Å². The molecule has 0 amide bonds. The van der Waals surface area contributed by atoms with E-state index in [1.807, 2.05) is 0 Å². The normalized spacial score (nSPS) is 24.5. The summed E-state index contributed by atoms with van der Waals surface area (Å²) in [6.45, 7) is 7.54. The first-order valence-electron chi connectivity index (χ1n) is 7.33. The van der Waals surface area contributed by atoms with E-state index in [4.69, 9.17) is 0 Å². The molecule has 0 radical (unpaired) electrons. The Morgan fingerprint density at radius 2 is 1.86 bits per heavy atom. The average molecular weight is 301 g/mol. The second-order valence-electron chi connectivity index (χ2n) is 6.23. The Morgan fingerprint density at radius 3 is 2.33 bits per heavy atom. The number of nitrogens with one attached hydrogen (secondary N) is 1. The van der Waals surface area contributed by atoms with Gasteiger partial charge in [-0.3, -0.25) is 0 Å². The molecule has 1 saturated carbocycles. The zero-order chi connectivity index (χ0) is 15.7. The van der Waals surface area contributed by atoms with Crippen LogP contribution >= 0.6 is 0 Å². The lowest BCUT2D eigenvalue weighted by atomic mass is 9.56. The molecule has 2 nitrogen and oxygen atoms in total. The summed E-state index contributed by atoms with van der Waals surface area (Å²) in [5, 5.41) is 3.53. The summed E-state index contributed by atoms with van der Waals surface area (Å²) in [6.07, 6.45) is -2.51. The van der Waals surface area contributed by atoms with Crippen LogP contribution in [0.4, 0.5) is 13.2 Å². The van der Waals surface area contributed by atoms with Crippen LogP contribution in [-0.4, -0.2) is 18.9 Å². The molecule has 0 heterocycles. The highest BCUT2D eigenvalue weighted by Gasteiger charge is 2.48. The number of alkyl halides is 3.